The highest BCUT2D eigenvalue weighted by atomic mass is 35.5. The minimum atomic E-state index is -0.692. The van der Waals surface area contributed by atoms with Crippen LogP contribution < -0.4 is 5.32 Å². The molecule has 1 aliphatic carbocycles. The summed E-state index contributed by atoms with van der Waals surface area (Å²) in [6.07, 6.45) is 2.46. The lowest BCUT2D eigenvalue weighted by Crippen LogP contribution is -2.43. The SMILES string of the molecule is CC(C)Cc1ccc(-c2nnc(-c3ccc(CNC4CC(C(=O)O)C4)cc3)o2)cc1.Cl. The molecule has 0 bridgehead atoms. The van der Waals surface area contributed by atoms with E-state index in [4.69, 9.17) is 9.52 Å². The number of carboxylic acid groups (broad SMARTS) is 1. The Morgan fingerprint density at radius 1 is 1.00 bits per heavy atom. The maximum absolute atomic E-state index is 10.9. The van der Waals surface area contributed by atoms with E-state index in [-0.39, 0.29) is 24.4 Å². The molecule has 6 nitrogen and oxygen atoms in total. The van der Waals surface area contributed by atoms with Crippen LogP contribution in [0.3, 0.4) is 0 Å². The molecule has 3 aromatic rings. The maximum atomic E-state index is 10.9. The van der Waals surface area contributed by atoms with Gasteiger partial charge in [-0.05, 0) is 60.6 Å². The zero-order chi connectivity index (χ0) is 21.1. The van der Waals surface area contributed by atoms with Crippen LogP contribution in [0.2, 0.25) is 0 Å². The minimum absolute atomic E-state index is 0. The van der Waals surface area contributed by atoms with Crippen molar-refractivity contribution in [1.29, 1.82) is 0 Å². The number of carboxylic acids is 1. The van der Waals surface area contributed by atoms with Crippen LogP contribution in [-0.4, -0.2) is 27.3 Å². The van der Waals surface area contributed by atoms with Crippen LogP contribution in [0.25, 0.3) is 22.9 Å². The minimum Gasteiger partial charge on any atom is -0.481 e. The van der Waals surface area contributed by atoms with Crippen molar-refractivity contribution in [3.8, 4) is 22.9 Å². The Balaban J connectivity index is 0.00000272. The molecule has 0 saturated heterocycles. The average Bonchev–Trinajstić information content (AvgIpc) is 3.17. The van der Waals surface area contributed by atoms with Gasteiger partial charge < -0.3 is 14.8 Å². The van der Waals surface area contributed by atoms with Crippen molar-refractivity contribution in [2.24, 2.45) is 11.8 Å². The van der Waals surface area contributed by atoms with Crippen LogP contribution in [-0.2, 0) is 17.8 Å². The summed E-state index contributed by atoms with van der Waals surface area (Å²) >= 11 is 0. The van der Waals surface area contributed by atoms with Crippen molar-refractivity contribution in [3.63, 3.8) is 0 Å². The zero-order valence-electron chi connectivity index (χ0n) is 17.7. The van der Waals surface area contributed by atoms with Gasteiger partial charge in [-0.25, -0.2) is 0 Å². The molecule has 0 radical (unpaired) electrons. The highest BCUT2D eigenvalue weighted by Crippen LogP contribution is 2.28. The van der Waals surface area contributed by atoms with E-state index in [2.05, 4.69) is 41.5 Å². The van der Waals surface area contributed by atoms with Crippen molar-refractivity contribution in [2.75, 3.05) is 0 Å². The largest absolute Gasteiger partial charge is 0.481 e. The van der Waals surface area contributed by atoms with Crippen molar-refractivity contribution in [1.82, 2.24) is 15.5 Å². The molecule has 1 aliphatic rings. The van der Waals surface area contributed by atoms with Gasteiger partial charge in [0.15, 0.2) is 0 Å². The number of nitrogens with one attached hydrogen (secondary N) is 1. The fraction of sp³-hybridized carbons (Fsp3) is 0.375. The second-order valence-electron chi connectivity index (χ2n) is 8.49. The lowest BCUT2D eigenvalue weighted by Gasteiger charge is -2.33. The Morgan fingerprint density at radius 2 is 1.52 bits per heavy atom. The number of carbonyl (C=O) groups is 1. The number of benzene rings is 2. The van der Waals surface area contributed by atoms with Gasteiger partial charge in [-0.15, -0.1) is 22.6 Å². The van der Waals surface area contributed by atoms with E-state index in [0.717, 1.165) is 29.7 Å². The molecule has 4 rings (SSSR count). The lowest BCUT2D eigenvalue weighted by molar-refractivity contribution is -0.145. The summed E-state index contributed by atoms with van der Waals surface area (Å²) in [5.41, 5.74) is 4.24. The highest BCUT2D eigenvalue weighted by molar-refractivity contribution is 5.85. The van der Waals surface area contributed by atoms with Crippen molar-refractivity contribution >= 4 is 18.4 Å². The Labute approximate surface area is 188 Å². The number of aromatic nitrogens is 2. The van der Waals surface area contributed by atoms with E-state index in [9.17, 15) is 4.79 Å². The first-order valence-electron chi connectivity index (χ1n) is 10.5. The number of halogens is 1. The summed E-state index contributed by atoms with van der Waals surface area (Å²) < 4.78 is 5.88. The van der Waals surface area contributed by atoms with Crippen molar-refractivity contribution in [2.45, 2.75) is 45.7 Å². The number of nitrogens with zero attached hydrogens (tertiary/aromatic N) is 2. The molecule has 31 heavy (non-hydrogen) atoms. The van der Waals surface area contributed by atoms with Gasteiger partial charge in [0.1, 0.15) is 0 Å². The molecule has 7 heteroatoms. The molecule has 1 heterocycles. The summed E-state index contributed by atoms with van der Waals surface area (Å²) in [6, 6.07) is 16.6. The molecule has 2 aromatic carbocycles. The van der Waals surface area contributed by atoms with Crippen LogP contribution in [0.5, 0.6) is 0 Å². The van der Waals surface area contributed by atoms with E-state index in [1.54, 1.807) is 0 Å². The second-order valence-corrected chi connectivity index (χ2v) is 8.49. The molecule has 1 fully saturated rings. The van der Waals surface area contributed by atoms with Crippen molar-refractivity contribution in [3.05, 3.63) is 59.7 Å². The Hall–Kier alpha value is -2.70. The topological polar surface area (TPSA) is 88.2 Å². The number of aliphatic carboxylic acids is 1. The molecule has 0 atom stereocenters. The standard InChI is InChI=1S/C24H27N3O3.ClH/c1-15(2)11-16-3-7-18(8-4-16)22-26-27-23(30-22)19-9-5-17(6-10-19)14-25-21-12-20(13-21)24(28)29;/h3-10,15,20-21,25H,11-14H2,1-2H3,(H,28,29);1H. The summed E-state index contributed by atoms with van der Waals surface area (Å²) in [5, 5.41) is 20.7. The number of hydrogen-bond donors (Lipinski definition) is 2. The molecule has 0 unspecified atom stereocenters. The third-order valence-electron chi connectivity index (χ3n) is 5.55. The van der Waals surface area contributed by atoms with Gasteiger partial charge in [0.2, 0.25) is 11.8 Å². The molecule has 1 saturated carbocycles. The van der Waals surface area contributed by atoms with Gasteiger partial charge in [0, 0.05) is 23.7 Å². The maximum Gasteiger partial charge on any atom is 0.306 e. The van der Waals surface area contributed by atoms with Crippen LogP contribution >= 0.6 is 12.4 Å². The number of rotatable bonds is 8. The summed E-state index contributed by atoms with van der Waals surface area (Å²) in [5.74, 6) is 0.758. The monoisotopic (exact) mass is 441 g/mol. The fourth-order valence-electron chi connectivity index (χ4n) is 3.72. The van der Waals surface area contributed by atoms with Crippen molar-refractivity contribution < 1.29 is 14.3 Å². The van der Waals surface area contributed by atoms with Gasteiger partial charge in [0.05, 0.1) is 5.92 Å². The van der Waals surface area contributed by atoms with E-state index >= 15 is 0 Å². The predicted octanol–water partition coefficient (Wildman–Crippen LogP) is 4.98. The van der Waals surface area contributed by atoms with Crippen LogP contribution in [0.1, 0.15) is 37.8 Å². The average molecular weight is 442 g/mol. The van der Waals surface area contributed by atoms with Gasteiger partial charge in [-0.1, -0.05) is 38.1 Å². The van der Waals surface area contributed by atoms with Crippen LogP contribution in [0.4, 0.5) is 0 Å². The van der Waals surface area contributed by atoms with E-state index in [1.165, 1.54) is 5.56 Å². The first-order valence-corrected chi connectivity index (χ1v) is 10.5. The Kier molecular flexibility index (Phi) is 7.46. The van der Waals surface area contributed by atoms with Gasteiger partial charge >= 0.3 is 5.97 Å². The molecular formula is C24H28ClN3O3. The third-order valence-corrected chi connectivity index (χ3v) is 5.55. The fourth-order valence-corrected chi connectivity index (χ4v) is 3.72. The first kappa shape index (κ1) is 23.0. The second kappa shape index (κ2) is 10.1. The molecule has 2 N–H and O–H groups in total. The Bertz CT molecular complexity index is 994. The van der Waals surface area contributed by atoms with E-state index in [0.29, 0.717) is 30.5 Å². The van der Waals surface area contributed by atoms with Gasteiger partial charge in [0.25, 0.3) is 0 Å². The first-order chi connectivity index (χ1) is 14.5. The Morgan fingerprint density at radius 3 is 2.00 bits per heavy atom. The zero-order valence-corrected chi connectivity index (χ0v) is 18.6. The molecule has 0 aliphatic heterocycles. The normalized spacial score (nSPS) is 17.8. The molecule has 0 spiro atoms. The molecule has 164 valence electrons. The molecular weight excluding hydrogens is 414 g/mol. The van der Waals surface area contributed by atoms with E-state index < -0.39 is 5.97 Å². The number of hydrogen-bond acceptors (Lipinski definition) is 5. The summed E-state index contributed by atoms with van der Waals surface area (Å²) in [7, 11) is 0. The molecule has 0 amide bonds. The lowest BCUT2D eigenvalue weighted by atomic mass is 9.80. The quantitative estimate of drug-likeness (QED) is 0.512. The van der Waals surface area contributed by atoms with Crippen LogP contribution in [0, 0.1) is 11.8 Å². The smallest absolute Gasteiger partial charge is 0.306 e. The summed E-state index contributed by atoms with van der Waals surface area (Å²) in [6.45, 7) is 5.14. The van der Waals surface area contributed by atoms with E-state index in [1.807, 2.05) is 36.4 Å². The van der Waals surface area contributed by atoms with Gasteiger partial charge in [-0.3, -0.25) is 4.79 Å². The van der Waals surface area contributed by atoms with Crippen LogP contribution in [0.15, 0.2) is 52.9 Å². The summed E-state index contributed by atoms with van der Waals surface area (Å²) in [4.78, 5) is 10.9. The molecule has 1 aromatic heterocycles. The third kappa shape index (κ3) is 5.71. The van der Waals surface area contributed by atoms with Gasteiger partial charge in [-0.2, -0.15) is 0 Å². The highest BCUT2D eigenvalue weighted by Gasteiger charge is 2.33. The predicted molar refractivity (Wildman–Crippen MR) is 122 cm³/mol.